The molecule has 5 aromatic rings. The number of unbranched alkanes of at least 4 members (excludes halogenated alkanes) is 2. The number of nitrogens with two attached hydrogens (primary N) is 1. The van der Waals surface area contributed by atoms with Crippen LogP contribution in [0.3, 0.4) is 0 Å². The largest absolute Gasteiger partial charge is 0.439 e. The van der Waals surface area contributed by atoms with Gasteiger partial charge in [0.15, 0.2) is 18.0 Å². The molecule has 2 saturated heterocycles. The van der Waals surface area contributed by atoms with Crippen LogP contribution in [0.4, 0.5) is 10.5 Å². The first-order chi connectivity index (χ1) is 57.0. The highest BCUT2D eigenvalue weighted by Gasteiger charge is 2.52. The van der Waals surface area contributed by atoms with E-state index in [-0.39, 0.29) is 124 Å². The van der Waals surface area contributed by atoms with Crippen LogP contribution in [0, 0.1) is 11.8 Å². The van der Waals surface area contributed by atoms with E-state index in [9.17, 15) is 38.7 Å². The molecule has 1 aliphatic carbocycles. The zero-order valence-corrected chi connectivity index (χ0v) is 73.1. The van der Waals surface area contributed by atoms with Gasteiger partial charge < -0.3 is 80.9 Å². The monoisotopic (exact) mass is 1660 g/mol. The van der Waals surface area contributed by atoms with Crippen LogP contribution in [0.25, 0.3) is 0 Å². The number of rotatable bonds is 27. The lowest BCUT2D eigenvalue weighted by Gasteiger charge is -2.44. The van der Waals surface area contributed by atoms with Crippen molar-refractivity contribution in [3.05, 3.63) is 209 Å². The summed E-state index contributed by atoms with van der Waals surface area (Å²) >= 11 is 0. The van der Waals surface area contributed by atoms with Crippen molar-refractivity contribution in [2.75, 3.05) is 78.6 Å². The van der Waals surface area contributed by atoms with E-state index in [1.807, 2.05) is 31.2 Å². The van der Waals surface area contributed by atoms with Crippen molar-refractivity contribution in [1.29, 1.82) is 0 Å². The Kier molecular flexibility index (Phi) is 30.7. The fourth-order valence-corrected chi connectivity index (χ4v) is 26.4. The molecule has 10 N–H and O–H groups in total. The van der Waals surface area contributed by atoms with Gasteiger partial charge in [0, 0.05) is 118 Å². The van der Waals surface area contributed by atoms with Crippen LogP contribution in [0.2, 0.25) is 10.1 Å². The molecule has 27 heteroatoms. The number of amides is 5. The minimum absolute atomic E-state index is 0.0762. The molecule has 5 amide bonds. The minimum Gasteiger partial charge on any atom is -0.439 e. The van der Waals surface area contributed by atoms with Crippen LogP contribution in [0.5, 0.6) is 0 Å². The summed E-state index contributed by atoms with van der Waals surface area (Å²) in [4.78, 5) is 113. The molecule has 6 aliphatic rings. The highest BCUT2D eigenvalue weighted by molar-refractivity contribution is 7.00. The molecular formula is C92H122N12O13Si2. The van der Waals surface area contributed by atoms with Gasteiger partial charge in [0.25, 0.3) is 34.4 Å². The highest BCUT2D eigenvalue weighted by Crippen LogP contribution is 2.40. The average Bonchev–Trinajstić information content (AvgIpc) is 0.753. The van der Waals surface area contributed by atoms with Crippen LogP contribution in [0.15, 0.2) is 208 Å². The van der Waals surface area contributed by atoms with Crippen molar-refractivity contribution in [1.82, 2.24) is 41.7 Å². The van der Waals surface area contributed by atoms with Crippen molar-refractivity contribution < 1.29 is 61.7 Å². The van der Waals surface area contributed by atoms with Gasteiger partial charge in [0.2, 0.25) is 17.5 Å². The maximum absolute atomic E-state index is 14.6. The van der Waals surface area contributed by atoms with E-state index in [0.29, 0.717) is 38.0 Å². The second-order valence-electron chi connectivity index (χ2n) is 34.4. The van der Waals surface area contributed by atoms with E-state index in [0.717, 1.165) is 69.9 Å². The molecule has 10 atom stereocenters. The Morgan fingerprint density at radius 2 is 1.13 bits per heavy atom. The molecular weight excluding hydrogens is 1540 g/mol. The maximum Gasteiger partial charge on any atom is 0.405 e. The van der Waals surface area contributed by atoms with Gasteiger partial charge in [-0.3, -0.25) is 28.8 Å². The number of aliphatic hydroxyl groups excluding tert-OH is 1. The first-order valence-electron chi connectivity index (χ1n) is 42.0. The fraction of sp³-hybridized carbons (Fsp3) is 0.467. The van der Waals surface area contributed by atoms with Crippen molar-refractivity contribution >= 4 is 96.3 Å². The molecule has 2 fully saturated rings. The third-order valence-electron chi connectivity index (χ3n) is 23.6. The second-order valence-corrected chi connectivity index (χ2v) is 43.0. The predicted molar refractivity (Wildman–Crippen MR) is 471 cm³/mol. The van der Waals surface area contributed by atoms with Crippen molar-refractivity contribution in [3.63, 3.8) is 0 Å². The summed E-state index contributed by atoms with van der Waals surface area (Å²) in [6.45, 7) is 25.3. The number of nitrogens with zero attached hydrogens (tertiary/aromatic N) is 4. The number of methoxy groups -OCH3 is 2. The molecule has 25 nitrogen and oxygen atoms in total. The number of nitrogens with one attached hydrogen (secondary N) is 7. The molecule has 2 bridgehead atoms. The number of aliphatic hydroxyl groups is 1. The number of hydrogen-bond acceptors (Lipinski definition) is 20. The summed E-state index contributed by atoms with van der Waals surface area (Å²) in [6.07, 6.45) is 7.79. The number of benzene rings is 5. The van der Waals surface area contributed by atoms with E-state index in [1.54, 1.807) is 50.3 Å². The quantitative estimate of drug-likeness (QED) is 0.0103. The second kappa shape index (κ2) is 40.7. The maximum atomic E-state index is 14.6. The van der Waals surface area contributed by atoms with Gasteiger partial charge in [-0.1, -0.05) is 207 Å². The third-order valence-corrected chi connectivity index (χ3v) is 33.6. The smallest absolute Gasteiger partial charge is 0.405 e. The first kappa shape index (κ1) is 89.6. The Labute approximate surface area is 703 Å². The number of ether oxygens (including phenoxy) is 3. The Balaban J connectivity index is 0.759. The molecule has 5 heterocycles. The van der Waals surface area contributed by atoms with E-state index < -0.39 is 82.3 Å². The van der Waals surface area contributed by atoms with Crippen molar-refractivity contribution in [2.24, 2.45) is 27.6 Å². The molecule has 0 spiro atoms. The zero-order chi connectivity index (χ0) is 85.2. The fourth-order valence-electron chi connectivity index (χ4n) is 17.2. The first-order valence-corrected chi connectivity index (χ1v) is 45.8. The predicted octanol–water partition coefficient (Wildman–Crippen LogP) is 8.75. The van der Waals surface area contributed by atoms with Gasteiger partial charge in [0.1, 0.15) is 6.10 Å². The lowest BCUT2D eigenvalue weighted by molar-refractivity contribution is -0.120. The van der Waals surface area contributed by atoms with Crippen LogP contribution in [-0.2, 0) is 42.2 Å². The third kappa shape index (κ3) is 22.3. The topological polar surface area (TPSA) is 327 Å². The van der Waals surface area contributed by atoms with Gasteiger partial charge in [0.05, 0.1) is 48.9 Å². The standard InChI is InChI=1S/C92H122N12O13Si2/c1-60-49-75-81(77(105)55-76(83(75)108)102-85(109)61(2)29-28-38-78(113-11)84(117-88(93)112)63(4)51-62(3)82(107)79(50-60)114-12)94-44-27-17-26-39-80(106)97-70-53-64(86(110)95-56-66-40-45-103-47-42-68(100-89(103)98-66)58-115-118(91(5,6)7,71-30-18-13-19-31-71)72-32-20-14-21-33-72)52-65(54-70)87(111)96-57-67-41-46-104-48-43-69(101-90(104)99-67)59-116-119(92(8,9)10,73-34-22-15-23-35-73)74-36-24-16-25-37-74/h13-16,18-25,28-38,51-55,60,62,66-69,78-79,82,84,94,107H,17,26-27,39-50,56-59H2,1-12H3,(H2,93,112)(H,95,110)(H,96,111)(H,97,106)(H,98,100)(H,99,101)(H,102,109)/b38-28-,61-29+,63-51+/t60-,62+,66-,67-,68-,69-,78+,79+,82-,84+/m1/s1. The number of anilines is 1. The molecule has 636 valence electrons. The number of Topliss-reactive ketones (excluding diaryl/α,β-unsaturated/α-hetero) is 1. The highest BCUT2D eigenvalue weighted by atomic mass is 28.4. The SMILES string of the molecule is CO[C@H]1/C=C\C=C(/C)C(=O)NC2=CC(=O)C(NCCCCCC(=O)Nc3cc(C(=O)NC[C@H]4CCN5CC[C@H](CO[Si](c6ccccc6)(c6ccccc6)C(C)(C)C)N=C5N4)cc(C(=O)NC[C@H]4CCN5CC[C@H](CO[Si](c6ccccc6)(c6ccccc6)C(C)(C)C)N=C5N4)c3)=C(C[C@@H](C)C[C@H](OC)[C@H](O)[C@@H](C)/C=C(\C)[C@@H]1OC(N)=O)C2=O. The zero-order valence-electron chi connectivity index (χ0n) is 71.1. The van der Waals surface area contributed by atoms with E-state index >= 15 is 0 Å². The number of aliphatic imine (C=N–C) groups is 2. The van der Waals surface area contributed by atoms with Gasteiger partial charge in [-0.2, -0.15) is 0 Å². The average molecular weight is 1660 g/mol. The van der Waals surface area contributed by atoms with Gasteiger partial charge in [-0.25, -0.2) is 14.8 Å². The molecule has 5 aliphatic heterocycles. The van der Waals surface area contributed by atoms with Crippen LogP contribution in [-0.4, -0.2) is 207 Å². The molecule has 0 aromatic heterocycles. The van der Waals surface area contributed by atoms with Crippen LogP contribution < -0.4 is 63.7 Å². The molecule has 0 saturated carbocycles. The Morgan fingerprint density at radius 1 is 0.647 bits per heavy atom. The summed E-state index contributed by atoms with van der Waals surface area (Å²) in [5, 5.41) is 38.6. The number of fused-ring (bicyclic) bond motifs is 4. The summed E-state index contributed by atoms with van der Waals surface area (Å²) in [5.41, 5.74) is 6.90. The lowest BCUT2D eigenvalue weighted by Crippen LogP contribution is -2.67. The number of ketones is 2. The van der Waals surface area contributed by atoms with Gasteiger partial charge in [-0.15, -0.1) is 0 Å². The molecule has 5 aromatic carbocycles. The van der Waals surface area contributed by atoms with Gasteiger partial charge >= 0.3 is 6.09 Å². The number of primary amides is 1. The van der Waals surface area contributed by atoms with Crippen LogP contribution in [0.1, 0.15) is 154 Å². The number of hydrogen-bond donors (Lipinski definition) is 9. The normalized spacial score (nSPS) is 24.1. The molecule has 0 unspecified atom stereocenters. The Morgan fingerprint density at radius 3 is 1.60 bits per heavy atom. The number of allylic oxidation sites excluding steroid dienone is 4. The van der Waals surface area contributed by atoms with Crippen molar-refractivity contribution in [3.8, 4) is 0 Å². The molecule has 119 heavy (non-hydrogen) atoms. The minimum atomic E-state index is -2.83. The summed E-state index contributed by atoms with van der Waals surface area (Å²) in [6, 6.07) is 46.6. The van der Waals surface area contributed by atoms with E-state index in [1.165, 1.54) is 48.0 Å². The number of guanidine groups is 2. The lowest BCUT2D eigenvalue weighted by atomic mass is 9.85. The Hall–Kier alpha value is -10.1. The Bertz CT molecular complexity index is 4360. The summed E-state index contributed by atoms with van der Waals surface area (Å²) in [5.74, 6) is -2.23. The number of carbonyl (C=O) groups is 7. The molecule has 0 radical (unpaired) electrons. The van der Waals surface area contributed by atoms with Gasteiger partial charge in [-0.05, 0) is 126 Å². The number of carbonyl (C=O) groups excluding carboxylic acids is 7. The van der Waals surface area contributed by atoms with E-state index in [4.69, 9.17) is 38.8 Å². The summed E-state index contributed by atoms with van der Waals surface area (Å²) in [7, 11) is -2.75. The summed E-state index contributed by atoms with van der Waals surface area (Å²) < 4.78 is 31.7. The van der Waals surface area contributed by atoms with Crippen molar-refractivity contribution in [2.45, 2.75) is 192 Å². The molecule has 11 rings (SSSR count). The van der Waals surface area contributed by atoms with Crippen LogP contribution >= 0.6 is 0 Å². The van der Waals surface area contributed by atoms with E-state index in [2.05, 4.69) is 186 Å².